The van der Waals surface area contributed by atoms with Crippen molar-refractivity contribution in [1.82, 2.24) is 14.7 Å². The normalized spacial score (nSPS) is 12.6. The maximum Gasteiger partial charge on any atom is 0.254 e. The summed E-state index contributed by atoms with van der Waals surface area (Å²) >= 11 is 6.07. The van der Waals surface area contributed by atoms with Crippen molar-refractivity contribution in [2.24, 2.45) is 5.92 Å². The Balaban J connectivity index is 1.57. The van der Waals surface area contributed by atoms with Gasteiger partial charge in [0.05, 0.1) is 11.4 Å². The Hall–Kier alpha value is -3.52. The van der Waals surface area contributed by atoms with Crippen molar-refractivity contribution >= 4 is 29.2 Å². The molecule has 1 aliphatic rings. The third kappa shape index (κ3) is 6.43. The Morgan fingerprint density at radius 1 is 1.08 bits per heavy atom. The van der Waals surface area contributed by atoms with Crippen LogP contribution in [0.5, 0.6) is 11.5 Å². The predicted molar refractivity (Wildman–Crippen MR) is 144 cm³/mol. The van der Waals surface area contributed by atoms with E-state index in [0.717, 1.165) is 17.8 Å². The Kier molecular flexibility index (Phi) is 7.78. The first-order valence-corrected chi connectivity index (χ1v) is 12.7. The zero-order valence-corrected chi connectivity index (χ0v) is 22.6. The summed E-state index contributed by atoms with van der Waals surface area (Å²) < 4.78 is 12.5. The number of ether oxygens (including phenoxy) is 2. The lowest BCUT2D eigenvalue weighted by Crippen LogP contribution is -2.39. The van der Waals surface area contributed by atoms with E-state index in [1.54, 1.807) is 39.9 Å². The average Bonchev–Trinajstić information content (AvgIpc) is 3.48. The number of aromatic nitrogens is 2. The van der Waals surface area contributed by atoms with Gasteiger partial charge in [0.15, 0.2) is 11.5 Å². The maximum absolute atomic E-state index is 13.4. The van der Waals surface area contributed by atoms with Gasteiger partial charge in [-0.05, 0) is 54.8 Å². The minimum atomic E-state index is -0.312. The average molecular weight is 525 g/mol. The third-order valence-electron chi connectivity index (χ3n) is 6.03. The van der Waals surface area contributed by atoms with Crippen molar-refractivity contribution in [1.29, 1.82) is 0 Å². The molecule has 9 heteroatoms. The number of amides is 2. The first-order valence-electron chi connectivity index (χ1n) is 12.4. The molecule has 0 aliphatic carbocycles. The van der Waals surface area contributed by atoms with Crippen LogP contribution >= 0.6 is 11.6 Å². The van der Waals surface area contributed by atoms with Crippen molar-refractivity contribution in [3.05, 3.63) is 64.8 Å². The van der Waals surface area contributed by atoms with Crippen LogP contribution in [0, 0.1) is 5.92 Å². The summed E-state index contributed by atoms with van der Waals surface area (Å²) in [5, 5.41) is 8.33. The second-order valence-corrected chi connectivity index (χ2v) is 11.0. The van der Waals surface area contributed by atoms with Crippen molar-refractivity contribution < 1.29 is 19.1 Å². The van der Waals surface area contributed by atoms with Gasteiger partial charge < -0.3 is 19.7 Å². The second-order valence-electron chi connectivity index (χ2n) is 10.6. The van der Waals surface area contributed by atoms with Crippen LogP contribution in [0.2, 0.25) is 5.02 Å². The molecule has 37 heavy (non-hydrogen) atoms. The number of fused-ring (bicyclic) bond motifs is 1. The lowest BCUT2D eigenvalue weighted by molar-refractivity contribution is -0.117. The monoisotopic (exact) mass is 524 g/mol. The van der Waals surface area contributed by atoms with E-state index >= 15 is 0 Å². The molecular weight excluding hydrogens is 492 g/mol. The summed E-state index contributed by atoms with van der Waals surface area (Å²) in [4.78, 5) is 28.3. The fourth-order valence-electron chi connectivity index (χ4n) is 3.85. The van der Waals surface area contributed by atoms with E-state index < -0.39 is 0 Å². The van der Waals surface area contributed by atoms with E-state index in [1.165, 1.54) is 0 Å². The molecule has 2 heterocycles. The third-order valence-corrected chi connectivity index (χ3v) is 6.29. The molecular formula is C28H33ClN4O4. The Morgan fingerprint density at radius 3 is 2.46 bits per heavy atom. The molecule has 0 atom stereocenters. The highest BCUT2D eigenvalue weighted by Crippen LogP contribution is 2.33. The molecule has 1 aliphatic heterocycles. The standard InChI is InChI=1S/C28H33ClN4O4/c1-18(2)12-13-32(27(35)19-6-11-22-23(14-19)37-17-36-22)16-26(34)30-25-15-24(28(3,4)5)31-33(25)21-9-7-20(29)8-10-21/h6-11,14-15,18H,12-13,16-17H2,1-5H3,(H,30,34). The summed E-state index contributed by atoms with van der Waals surface area (Å²) in [6, 6.07) is 14.2. The number of nitrogens with one attached hydrogen (secondary N) is 1. The summed E-state index contributed by atoms with van der Waals surface area (Å²) in [5.74, 6) is 1.48. The molecule has 0 spiro atoms. The van der Waals surface area contributed by atoms with E-state index in [-0.39, 0.29) is 30.6 Å². The van der Waals surface area contributed by atoms with Crippen molar-refractivity contribution in [3.63, 3.8) is 0 Å². The highest BCUT2D eigenvalue weighted by Gasteiger charge is 2.25. The molecule has 196 valence electrons. The summed E-state index contributed by atoms with van der Waals surface area (Å²) in [5.41, 5.74) is 1.81. The number of nitrogens with zero attached hydrogens (tertiary/aromatic N) is 3. The largest absolute Gasteiger partial charge is 0.454 e. The highest BCUT2D eigenvalue weighted by atomic mass is 35.5. The van der Waals surface area contributed by atoms with Crippen LogP contribution in [0.25, 0.3) is 5.69 Å². The quantitative estimate of drug-likeness (QED) is 0.410. The van der Waals surface area contributed by atoms with Crippen LogP contribution in [-0.2, 0) is 10.2 Å². The van der Waals surface area contributed by atoms with Gasteiger partial charge >= 0.3 is 0 Å². The zero-order valence-electron chi connectivity index (χ0n) is 21.9. The molecule has 2 aromatic carbocycles. The van der Waals surface area contributed by atoms with E-state index in [2.05, 4.69) is 39.9 Å². The molecule has 0 unspecified atom stereocenters. The second kappa shape index (κ2) is 10.8. The van der Waals surface area contributed by atoms with Crippen molar-refractivity contribution in [2.75, 3.05) is 25.2 Å². The number of carbonyl (C=O) groups excluding carboxylic acids is 2. The molecule has 8 nitrogen and oxygen atoms in total. The first-order chi connectivity index (χ1) is 17.5. The number of hydrogen-bond acceptors (Lipinski definition) is 5. The number of carbonyl (C=O) groups is 2. The predicted octanol–water partition coefficient (Wildman–Crippen LogP) is 5.68. The molecule has 0 bridgehead atoms. The van der Waals surface area contributed by atoms with Gasteiger partial charge in [0.1, 0.15) is 12.4 Å². The minimum absolute atomic E-state index is 0.101. The SMILES string of the molecule is CC(C)CCN(CC(=O)Nc1cc(C(C)(C)C)nn1-c1ccc(Cl)cc1)C(=O)c1ccc2c(c1)OCO2. The minimum Gasteiger partial charge on any atom is -0.454 e. The van der Waals surface area contributed by atoms with Crippen LogP contribution in [-0.4, -0.2) is 46.4 Å². The first kappa shape index (κ1) is 26.5. The molecule has 0 fully saturated rings. The molecule has 0 saturated heterocycles. The fraction of sp³-hybridized carbons (Fsp3) is 0.393. The summed E-state index contributed by atoms with van der Waals surface area (Å²) in [6.45, 7) is 10.8. The topological polar surface area (TPSA) is 85.7 Å². The molecule has 1 N–H and O–H groups in total. The van der Waals surface area contributed by atoms with Gasteiger partial charge in [-0.2, -0.15) is 5.10 Å². The van der Waals surface area contributed by atoms with Gasteiger partial charge in [0.2, 0.25) is 12.7 Å². The number of rotatable bonds is 8. The Morgan fingerprint density at radius 2 is 1.78 bits per heavy atom. The van der Waals surface area contributed by atoms with Crippen LogP contribution in [0.15, 0.2) is 48.5 Å². The van der Waals surface area contributed by atoms with Gasteiger partial charge in [-0.3, -0.25) is 9.59 Å². The molecule has 1 aromatic heterocycles. The smallest absolute Gasteiger partial charge is 0.254 e. The lowest BCUT2D eigenvalue weighted by atomic mass is 9.92. The highest BCUT2D eigenvalue weighted by molar-refractivity contribution is 6.30. The van der Waals surface area contributed by atoms with Crippen LogP contribution in [0.4, 0.5) is 5.82 Å². The number of anilines is 1. The van der Waals surface area contributed by atoms with Gasteiger partial charge in [-0.1, -0.05) is 46.2 Å². The Labute approximate surface area is 222 Å². The van der Waals surface area contributed by atoms with Crippen molar-refractivity contribution in [3.8, 4) is 17.2 Å². The van der Waals surface area contributed by atoms with Crippen LogP contribution in [0.1, 0.15) is 57.1 Å². The van der Waals surface area contributed by atoms with Gasteiger partial charge in [0.25, 0.3) is 5.91 Å². The Bertz CT molecular complexity index is 1280. The summed E-state index contributed by atoms with van der Waals surface area (Å²) in [7, 11) is 0. The molecule has 0 saturated carbocycles. The van der Waals surface area contributed by atoms with Gasteiger partial charge in [0, 0.05) is 28.6 Å². The van der Waals surface area contributed by atoms with Crippen LogP contribution in [0.3, 0.4) is 0 Å². The lowest BCUT2D eigenvalue weighted by Gasteiger charge is -2.23. The van der Waals surface area contributed by atoms with Gasteiger partial charge in [-0.15, -0.1) is 0 Å². The van der Waals surface area contributed by atoms with E-state index in [0.29, 0.717) is 40.4 Å². The van der Waals surface area contributed by atoms with Crippen molar-refractivity contribution in [2.45, 2.75) is 46.5 Å². The fourth-order valence-corrected chi connectivity index (χ4v) is 3.98. The van der Waals surface area contributed by atoms with E-state index in [4.69, 9.17) is 26.2 Å². The van der Waals surface area contributed by atoms with E-state index in [9.17, 15) is 9.59 Å². The molecule has 0 radical (unpaired) electrons. The number of halogens is 1. The maximum atomic E-state index is 13.4. The zero-order chi connectivity index (χ0) is 26.7. The molecule has 4 rings (SSSR count). The molecule has 3 aromatic rings. The van der Waals surface area contributed by atoms with Gasteiger partial charge in [-0.25, -0.2) is 4.68 Å². The number of benzene rings is 2. The van der Waals surface area contributed by atoms with Crippen LogP contribution < -0.4 is 14.8 Å². The summed E-state index contributed by atoms with van der Waals surface area (Å²) in [6.07, 6.45) is 0.764. The van der Waals surface area contributed by atoms with E-state index in [1.807, 2.05) is 18.2 Å². The number of hydrogen-bond donors (Lipinski definition) is 1. The molecule has 2 amide bonds.